The normalized spacial score (nSPS) is 27.5. The number of cyclic esters (lactones) is 1. The third-order valence-electron chi connectivity index (χ3n) is 11.1. The number of Topliss-reactive ketones (excluding diaryl/α,β-unsaturated/α-hetero) is 1. The Morgan fingerprint density at radius 1 is 1.00 bits per heavy atom. The molecule has 250 valence electrons. The fourth-order valence-corrected chi connectivity index (χ4v) is 10.6. The van der Waals surface area contributed by atoms with Crippen LogP contribution < -0.4 is 0 Å². The van der Waals surface area contributed by atoms with Crippen LogP contribution in [-0.2, 0) is 26.1 Å². The zero-order valence-corrected chi connectivity index (χ0v) is 28.5. The van der Waals surface area contributed by atoms with Crippen molar-refractivity contribution in [2.45, 2.75) is 62.3 Å². The number of aryl methyl sites for hydroxylation is 1. The molecule has 0 spiro atoms. The largest absolute Gasteiger partial charge is 0.448 e. The van der Waals surface area contributed by atoms with Crippen LogP contribution in [0.2, 0.25) is 0 Å². The number of carbonyl (C=O) groups is 2. The smallest absolute Gasteiger partial charge is 0.409 e. The van der Waals surface area contributed by atoms with Crippen LogP contribution in [0.5, 0.6) is 0 Å². The maximum Gasteiger partial charge on any atom is 0.409 e. The van der Waals surface area contributed by atoms with Crippen LogP contribution in [0.3, 0.4) is 0 Å². The highest BCUT2D eigenvalue weighted by Gasteiger charge is 2.65. The van der Waals surface area contributed by atoms with Gasteiger partial charge in [0, 0.05) is 61.5 Å². The molecule has 2 bridgehead atoms. The lowest BCUT2D eigenvalue weighted by molar-refractivity contribution is -0.128. The average Bonchev–Trinajstić information content (AvgIpc) is 3.52. The van der Waals surface area contributed by atoms with Crippen molar-refractivity contribution in [3.05, 3.63) is 58.9 Å². The molecule has 12 heteroatoms. The Hall–Kier alpha value is -2.51. The summed E-state index contributed by atoms with van der Waals surface area (Å²) in [6.07, 6.45) is 2.68. The second-order valence-corrected chi connectivity index (χ2v) is 16.5. The monoisotopic (exact) mass is 673 g/mol. The highest BCUT2D eigenvalue weighted by atomic mass is 32.2. The van der Waals surface area contributed by atoms with E-state index in [1.807, 2.05) is 19.9 Å². The number of nitrogens with zero attached hydrogens (tertiary/aromatic N) is 3. The standard InChI is InChI=1S/C24H28FN3O2S.C10H16O4S/c1-17-2-4-22-18(14-17)15-21(20-16-19(25)3-5-23(20)31-22)27-9-6-26(7-10-27)8-11-28-12-13-30-24(28)29;1-9(2)7-3-4-10(9,8(11)5-7)6-15(12,13)14/h2-5,14,16,21H,6-13,15H2,1H3;7H,3-6H2,1-2H3,(H,12,13,14)/t21-;7?,10-/m01/s1. The summed E-state index contributed by atoms with van der Waals surface area (Å²) in [5.74, 6) is -0.266. The molecule has 0 aromatic heterocycles. The Labute approximate surface area is 275 Å². The maximum absolute atomic E-state index is 14.2. The second-order valence-electron chi connectivity index (χ2n) is 14.0. The number of rotatable bonds is 6. The molecule has 0 radical (unpaired) electrons. The Bertz CT molecular complexity index is 1610. The summed E-state index contributed by atoms with van der Waals surface area (Å²) < 4.78 is 50.2. The summed E-state index contributed by atoms with van der Waals surface area (Å²) >= 11 is 1.76. The van der Waals surface area contributed by atoms with Gasteiger partial charge in [-0.2, -0.15) is 8.42 Å². The molecule has 3 aliphatic heterocycles. The number of hydrogen-bond acceptors (Lipinski definition) is 8. The minimum atomic E-state index is -4.08. The number of amides is 1. The lowest BCUT2D eigenvalue weighted by Gasteiger charge is -2.40. The number of ether oxygens (including phenoxy) is 1. The van der Waals surface area contributed by atoms with E-state index in [1.165, 1.54) is 16.0 Å². The first kappa shape index (κ1) is 33.4. The lowest BCUT2D eigenvalue weighted by atomic mass is 9.70. The number of piperazine rings is 1. The van der Waals surface area contributed by atoms with E-state index in [0.717, 1.165) is 62.6 Å². The van der Waals surface area contributed by atoms with Crippen molar-refractivity contribution >= 4 is 33.8 Å². The van der Waals surface area contributed by atoms with Crippen LogP contribution >= 0.6 is 11.8 Å². The molecule has 9 nitrogen and oxygen atoms in total. The third-order valence-corrected chi connectivity index (χ3v) is 13.2. The van der Waals surface area contributed by atoms with E-state index in [0.29, 0.717) is 26.0 Å². The van der Waals surface area contributed by atoms with Gasteiger partial charge in [0.1, 0.15) is 18.2 Å². The number of ketones is 1. The van der Waals surface area contributed by atoms with Gasteiger partial charge in [-0.1, -0.05) is 43.3 Å². The first-order chi connectivity index (χ1) is 21.8. The van der Waals surface area contributed by atoms with E-state index in [-0.39, 0.29) is 35.1 Å². The van der Waals surface area contributed by atoms with Gasteiger partial charge < -0.3 is 9.64 Å². The molecule has 3 heterocycles. The van der Waals surface area contributed by atoms with E-state index in [2.05, 4.69) is 34.9 Å². The molecule has 1 unspecified atom stereocenters. The van der Waals surface area contributed by atoms with Gasteiger partial charge in [-0.25, -0.2) is 9.18 Å². The number of fused-ring (bicyclic) bond motifs is 4. The summed E-state index contributed by atoms with van der Waals surface area (Å²) in [7, 11) is -4.08. The van der Waals surface area contributed by atoms with Gasteiger partial charge in [0.15, 0.2) is 0 Å². The van der Waals surface area contributed by atoms with E-state index < -0.39 is 21.3 Å². The van der Waals surface area contributed by atoms with Crippen molar-refractivity contribution in [2.75, 3.05) is 58.2 Å². The maximum atomic E-state index is 14.2. The molecule has 2 aromatic carbocycles. The van der Waals surface area contributed by atoms with Crippen LogP contribution in [0.25, 0.3) is 0 Å². The van der Waals surface area contributed by atoms with Crippen molar-refractivity contribution in [1.82, 2.24) is 14.7 Å². The Balaban J connectivity index is 0.000000208. The molecule has 3 atom stereocenters. The molecular formula is C34H44FN3O6S2. The van der Waals surface area contributed by atoms with Crippen molar-refractivity contribution < 1.29 is 31.7 Å². The third kappa shape index (κ3) is 6.60. The Morgan fingerprint density at radius 3 is 2.37 bits per heavy atom. The van der Waals surface area contributed by atoms with Crippen LogP contribution in [0.1, 0.15) is 55.8 Å². The van der Waals surface area contributed by atoms with E-state index in [9.17, 15) is 22.4 Å². The van der Waals surface area contributed by atoms with Gasteiger partial charge in [0.2, 0.25) is 0 Å². The fourth-order valence-electron chi connectivity index (χ4n) is 8.21. The highest BCUT2D eigenvalue weighted by molar-refractivity contribution is 7.99. The van der Waals surface area contributed by atoms with E-state index in [4.69, 9.17) is 9.29 Å². The first-order valence-electron chi connectivity index (χ1n) is 16.2. The first-order valence-corrected chi connectivity index (χ1v) is 18.6. The molecule has 7 rings (SSSR count). The molecule has 1 amide bonds. The molecule has 5 aliphatic rings. The summed E-state index contributed by atoms with van der Waals surface area (Å²) in [6, 6.07) is 12.1. The Kier molecular flexibility index (Phi) is 9.32. The van der Waals surface area contributed by atoms with Crippen LogP contribution in [-0.4, -0.2) is 97.7 Å². The van der Waals surface area contributed by atoms with E-state index >= 15 is 0 Å². The minimum absolute atomic E-state index is 0.0152. The molecule has 1 N–H and O–H groups in total. The zero-order chi connectivity index (χ0) is 32.9. The SMILES string of the molecule is CC1(C)C2CC[C@@]1(CS(=O)(=O)O)C(=O)C2.Cc1ccc2c(c1)C[C@H](N1CCN(CCN3CCOC3=O)CC1)c1cc(F)ccc1S2. The predicted octanol–water partition coefficient (Wildman–Crippen LogP) is 5.22. The molecule has 2 saturated carbocycles. The van der Waals surface area contributed by atoms with E-state index in [1.54, 1.807) is 28.8 Å². The van der Waals surface area contributed by atoms with Gasteiger partial charge in [0.05, 0.1) is 17.7 Å². The molecule has 46 heavy (non-hydrogen) atoms. The minimum Gasteiger partial charge on any atom is -0.448 e. The van der Waals surface area contributed by atoms with Gasteiger partial charge in [0.25, 0.3) is 10.1 Å². The number of benzene rings is 2. The van der Waals surface area contributed by atoms with Crippen molar-refractivity contribution in [2.24, 2.45) is 16.7 Å². The summed E-state index contributed by atoms with van der Waals surface area (Å²) in [4.78, 5) is 32.7. The Morgan fingerprint density at radius 2 is 1.74 bits per heavy atom. The molecule has 2 saturated heterocycles. The molecule has 2 aromatic rings. The van der Waals surface area contributed by atoms with Crippen molar-refractivity contribution in [3.63, 3.8) is 0 Å². The number of carbonyl (C=O) groups excluding carboxylic acids is 2. The van der Waals surface area contributed by atoms with Crippen molar-refractivity contribution in [1.29, 1.82) is 0 Å². The van der Waals surface area contributed by atoms with Crippen LogP contribution in [0.15, 0.2) is 46.2 Å². The number of hydrogen-bond donors (Lipinski definition) is 1. The van der Waals surface area contributed by atoms with Gasteiger partial charge >= 0.3 is 6.09 Å². The summed E-state index contributed by atoms with van der Waals surface area (Å²) in [5.41, 5.74) is 2.60. The van der Waals surface area contributed by atoms with Gasteiger partial charge in [-0.3, -0.25) is 19.1 Å². The average molecular weight is 674 g/mol. The topological polar surface area (TPSA) is 107 Å². The zero-order valence-electron chi connectivity index (χ0n) is 26.8. The quantitative estimate of drug-likeness (QED) is 0.413. The molecular weight excluding hydrogens is 630 g/mol. The highest BCUT2D eigenvalue weighted by Crippen LogP contribution is 2.64. The van der Waals surface area contributed by atoms with Gasteiger partial charge in [-0.05, 0) is 72.9 Å². The number of halogens is 1. The molecule has 4 fully saturated rings. The second kappa shape index (κ2) is 12.8. The lowest BCUT2D eigenvalue weighted by Crippen LogP contribution is -2.49. The fraction of sp³-hybridized carbons (Fsp3) is 0.588. The van der Waals surface area contributed by atoms with Crippen LogP contribution in [0.4, 0.5) is 9.18 Å². The van der Waals surface area contributed by atoms with Crippen molar-refractivity contribution in [3.8, 4) is 0 Å². The molecule has 2 aliphatic carbocycles. The predicted molar refractivity (Wildman–Crippen MR) is 174 cm³/mol. The summed E-state index contributed by atoms with van der Waals surface area (Å²) in [6.45, 7) is 12.6. The van der Waals surface area contributed by atoms with Crippen LogP contribution in [0, 0.1) is 29.5 Å². The summed E-state index contributed by atoms with van der Waals surface area (Å²) in [5, 5.41) is 0. The van der Waals surface area contributed by atoms with Gasteiger partial charge in [-0.15, -0.1) is 0 Å².